The minimum absolute atomic E-state index is 0.0505. The van der Waals surface area contributed by atoms with Gasteiger partial charge >= 0.3 is 5.97 Å². The van der Waals surface area contributed by atoms with Gasteiger partial charge in [0.05, 0.1) is 17.5 Å². The number of benzene rings is 1. The summed E-state index contributed by atoms with van der Waals surface area (Å²) in [4.78, 5) is 28.9. The molecule has 7 nitrogen and oxygen atoms in total. The maximum atomic E-state index is 12.2. The van der Waals surface area contributed by atoms with Gasteiger partial charge in [0, 0.05) is 23.8 Å². The number of carboxylic acids is 1. The lowest BCUT2D eigenvalue weighted by atomic mass is 10.1. The van der Waals surface area contributed by atoms with E-state index >= 15 is 0 Å². The Bertz CT molecular complexity index is 881. The van der Waals surface area contributed by atoms with Crippen LogP contribution in [0.15, 0.2) is 29.3 Å². The summed E-state index contributed by atoms with van der Waals surface area (Å²) in [5, 5.41) is 9.07. The van der Waals surface area contributed by atoms with Crippen molar-refractivity contribution < 1.29 is 23.1 Å². The summed E-state index contributed by atoms with van der Waals surface area (Å²) in [6.07, 6.45) is 1.01. The highest BCUT2D eigenvalue weighted by Crippen LogP contribution is 2.42. The lowest BCUT2D eigenvalue weighted by molar-refractivity contribution is -0.137. The molecular formula is C18H22N2O5S2. The van der Waals surface area contributed by atoms with Crippen LogP contribution in [0.3, 0.4) is 0 Å². The van der Waals surface area contributed by atoms with Crippen molar-refractivity contribution in [1.82, 2.24) is 0 Å². The molecular weight excluding hydrogens is 388 g/mol. The van der Waals surface area contributed by atoms with E-state index in [4.69, 9.17) is 5.11 Å². The van der Waals surface area contributed by atoms with Gasteiger partial charge in [0.2, 0.25) is 5.91 Å². The first-order valence-corrected chi connectivity index (χ1v) is 11.6. The number of carbonyl (C=O) groups excluding carboxylic acids is 1. The molecule has 3 rings (SSSR count). The fourth-order valence-corrected chi connectivity index (χ4v) is 7.37. The second-order valence-corrected chi connectivity index (χ2v) is 10.0. The van der Waals surface area contributed by atoms with Crippen LogP contribution in [-0.4, -0.2) is 53.4 Å². The van der Waals surface area contributed by atoms with Gasteiger partial charge in [-0.05, 0) is 24.5 Å². The largest absolute Gasteiger partial charge is 0.481 e. The first-order chi connectivity index (χ1) is 12.8. The number of para-hydroxylation sites is 1. The van der Waals surface area contributed by atoms with E-state index < -0.39 is 15.8 Å². The molecule has 9 heteroatoms. The van der Waals surface area contributed by atoms with E-state index in [0.717, 1.165) is 17.7 Å². The zero-order valence-electron chi connectivity index (χ0n) is 15.0. The Morgan fingerprint density at radius 2 is 2.00 bits per heavy atom. The van der Waals surface area contributed by atoms with Crippen LogP contribution in [0.4, 0.5) is 5.69 Å². The van der Waals surface area contributed by atoms with Gasteiger partial charge in [-0.15, -0.1) is 0 Å². The minimum atomic E-state index is -3.11. The molecule has 2 atom stereocenters. The first kappa shape index (κ1) is 19.9. The number of hydrogen-bond donors (Lipinski definition) is 1. The normalized spacial score (nSPS) is 24.9. The molecule has 146 valence electrons. The average Bonchev–Trinajstić information content (AvgIpc) is 3.05. The average molecular weight is 411 g/mol. The number of carbonyl (C=O) groups is 2. The molecule has 2 fully saturated rings. The third kappa shape index (κ3) is 4.52. The Labute approximate surface area is 162 Å². The topological polar surface area (TPSA) is 104 Å². The van der Waals surface area contributed by atoms with Gasteiger partial charge in [0.25, 0.3) is 0 Å². The number of carboxylic acid groups (broad SMARTS) is 1. The molecule has 2 aliphatic heterocycles. The standard InChI is InChI=1S/C18H22N2O5S2/c1-2-12-6-3-4-7-13(12)20-14-10-27(24,25)11-15(14)26-18(20)19-16(21)8-5-9-17(22)23/h3-4,6-7,14-15H,2,5,8-11H2,1H3,(H,22,23)/t14-,15+/m0/s1. The van der Waals surface area contributed by atoms with Crippen LogP contribution in [-0.2, 0) is 25.8 Å². The number of sulfone groups is 1. The van der Waals surface area contributed by atoms with Crippen molar-refractivity contribution in [3.8, 4) is 0 Å². The second kappa shape index (κ2) is 8.02. The van der Waals surface area contributed by atoms with Crippen LogP contribution >= 0.6 is 11.8 Å². The van der Waals surface area contributed by atoms with E-state index in [2.05, 4.69) is 4.99 Å². The molecule has 0 bridgehead atoms. The summed E-state index contributed by atoms with van der Waals surface area (Å²) in [5.41, 5.74) is 1.95. The number of anilines is 1. The predicted molar refractivity (Wildman–Crippen MR) is 106 cm³/mol. The molecule has 0 unspecified atom stereocenters. The summed E-state index contributed by atoms with van der Waals surface area (Å²) in [6, 6.07) is 7.50. The number of nitrogens with zero attached hydrogens (tertiary/aromatic N) is 2. The third-order valence-corrected chi connectivity index (χ3v) is 7.91. The second-order valence-electron chi connectivity index (χ2n) is 6.69. The molecule has 0 spiro atoms. The Morgan fingerprint density at radius 3 is 2.70 bits per heavy atom. The fraction of sp³-hybridized carbons (Fsp3) is 0.500. The highest BCUT2D eigenvalue weighted by Gasteiger charge is 2.49. The van der Waals surface area contributed by atoms with E-state index in [-0.39, 0.29) is 48.0 Å². The van der Waals surface area contributed by atoms with E-state index in [1.165, 1.54) is 11.8 Å². The Morgan fingerprint density at radius 1 is 1.26 bits per heavy atom. The predicted octanol–water partition coefficient (Wildman–Crippen LogP) is 2.11. The zero-order chi connectivity index (χ0) is 19.6. The number of fused-ring (bicyclic) bond motifs is 1. The van der Waals surface area contributed by atoms with Gasteiger partial charge in [-0.2, -0.15) is 4.99 Å². The van der Waals surface area contributed by atoms with Crippen LogP contribution in [0, 0.1) is 0 Å². The van der Waals surface area contributed by atoms with Crippen LogP contribution < -0.4 is 4.90 Å². The summed E-state index contributed by atoms with van der Waals surface area (Å²) < 4.78 is 24.2. The van der Waals surface area contributed by atoms with Crippen LogP contribution in [0.1, 0.15) is 31.7 Å². The monoisotopic (exact) mass is 410 g/mol. The maximum Gasteiger partial charge on any atom is 0.303 e. The third-order valence-electron chi connectivity index (χ3n) is 4.70. The van der Waals surface area contributed by atoms with Gasteiger partial charge in [-0.1, -0.05) is 36.9 Å². The quantitative estimate of drug-likeness (QED) is 0.766. The molecule has 0 radical (unpaired) electrons. The van der Waals surface area contributed by atoms with E-state index in [1.807, 2.05) is 36.1 Å². The van der Waals surface area contributed by atoms with E-state index in [1.54, 1.807) is 0 Å². The molecule has 0 aliphatic carbocycles. The van der Waals surface area contributed by atoms with Crippen molar-refractivity contribution >= 4 is 44.3 Å². The maximum absolute atomic E-state index is 12.2. The van der Waals surface area contributed by atoms with Gasteiger partial charge in [-0.3, -0.25) is 9.59 Å². The van der Waals surface area contributed by atoms with Crippen LogP contribution in [0.25, 0.3) is 0 Å². The van der Waals surface area contributed by atoms with Crippen molar-refractivity contribution in [2.24, 2.45) is 4.99 Å². The fourth-order valence-electron chi connectivity index (χ4n) is 3.44. The Kier molecular flexibility index (Phi) is 5.90. The first-order valence-electron chi connectivity index (χ1n) is 8.88. The lowest BCUT2D eigenvalue weighted by Gasteiger charge is -2.26. The smallest absolute Gasteiger partial charge is 0.303 e. The molecule has 2 aliphatic rings. The zero-order valence-corrected chi connectivity index (χ0v) is 16.6. The Hall–Kier alpha value is -1.87. The summed E-state index contributed by atoms with van der Waals surface area (Å²) >= 11 is 1.33. The number of aliphatic carboxylic acids is 1. The number of amides is 1. The number of amidine groups is 1. The number of aliphatic imine (C=N–C) groups is 1. The van der Waals surface area contributed by atoms with Gasteiger partial charge in [0.1, 0.15) is 0 Å². The van der Waals surface area contributed by atoms with Crippen molar-refractivity contribution in [3.05, 3.63) is 29.8 Å². The number of rotatable bonds is 6. The van der Waals surface area contributed by atoms with Crippen LogP contribution in [0.5, 0.6) is 0 Å². The number of hydrogen-bond acceptors (Lipinski definition) is 5. The van der Waals surface area contributed by atoms with Gasteiger partial charge in [0.15, 0.2) is 15.0 Å². The molecule has 27 heavy (non-hydrogen) atoms. The summed E-state index contributed by atoms with van der Waals surface area (Å²) in [6.45, 7) is 2.03. The molecule has 1 aromatic carbocycles. The molecule has 2 heterocycles. The van der Waals surface area contributed by atoms with E-state index in [0.29, 0.717) is 5.17 Å². The number of aryl methyl sites for hydroxylation is 1. The van der Waals surface area contributed by atoms with Gasteiger partial charge in [-0.25, -0.2) is 8.42 Å². The van der Waals surface area contributed by atoms with Crippen molar-refractivity contribution in [3.63, 3.8) is 0 Å². The molecule has 1 aromatic rings. The minimum Gasteiger partial charge on any atom is -0.481 e. The highest BCUT2D eigenvalue weighted by atomic mass is 32.2. The van der Waals surface area contributed by atoms with Gasteiger partial charge < -0.3 is 10.0 Å². The summed E-state index contributed by atoms with van der Waals surface area (Å²) in [5.74, 6) is -1.18. The van der Waals surface area contributed by atoms with Crippen LogP contribution in [0.2, 0.25) is 0 Å². The molecule has 1 amide bonds. The highest BCUT2D eigenvalue weighted by molar-refractivity contribution is 8.16. The summed E-state index contributed by atoms with van der Waals surface area (Å²) in [7, 11) is -3.11. The molecule has 0 aromatic heterocycles. The molecule has 0 saturated carbocycles. The molecule has 2 saturated heterocycles. The Balaban J connectivity index is 1.90. The van der Waals surface area contributed by atoms with Crippen molar-refractivity contribution in [2.75, 3.05) is 16.4 Å². The van der Waals surface area contributed by atoms with Crippen molar-refractivity contribution in [2.45, 2.75) is 43.9 Å². The van der Waals surface area contributed by atoms with Crippen molar-refractivity contribution in [1.29, 1.82) is 0 Å². The lowest BCUT2D eigenvalue weighted by Crippen LogP contribution is -2.38. The van der Waals surface area contributed by atoms with E-state index in [9.17, 15) is 18.0 Å². The SMILES string of the molecule is CCc1ccccc1N1C(=NC(=O)CCCC(=O)O)S[C@@H]2CS(=O)(=O)C[C@@H]21. The molecule has 1 N–H and O–H groups in total. The number of thioether (sulfide) groups is 1.